The van der Waals surface area contributed by atoms with Gasteiger partial charge in [-0.3, -0.25) is 9.48 Å². The van der Waals surface area contributed by atoms with Crippen LogP contribution in [-0.4, -0.2) is 21.7 Å². The molecule has 0 aromatic carbocycles. The van der Waals surface area contributed by atoms with Crippen LogP contribution in [0.3, 0.4) is 0 Å². The SMILES string of the molecule is CC(C)CC(=O)N[C@@H](C)Cn1cccn1. The molecule has 4 nitrogen and oxygen atoms in total. The lowest BCUT2D eigenvalue weighted by atomic mass is 10.1. The number of nitrogens with zero attached hydrogens (tertiary/aromatic N) is 2. The second-order valence-electron chi connectivity index (χ2n) is 4.29. The van der Waals surface area contributed by atoms with E-state index in [0.717, 1.165) is 6.54 Å². The minimum absolute atomic E-state index is 0.115. The van der Waals surface area contributed by atoms with E-state index in [1.807, 2.05) is 37.7 Å². The Morgan fingerprint density at radius 1 is 1.47 bits per heavy atom. The summed E-state index contributed by atoms with van der Waals surface area (Å²) in [5.74, 6) is 0.520. The van der Waals surface area contributed by atoms with E-state index in [1.54, 1.807) is 6.20 Å². The second-order valence-corrected chi connectivity index (χ2v) is 4.29. The molecule has 1 heterocycles. The van der Waals surface area contributed by atoms with Crippen LogP contribution in [0.5, 0.6) is 0 Å². The molecule has 15 heavy (non-hydrogen) atoms. The fourth-order valence-electron chi connectivity index (χ4n) is 1.44. The number of carbonyl (C=O) groups excluding carboxylic acids is 1. The van der Waals surface area contributed by atoms with Crippen LogP contribution in [0.2, 0.25) is 0 Å². The molecule has 1 aromatic heterocycles. The molecule has 0 fully saturated rings. The zero-order valence-corrected chi connectivity index (χ0v) is 9.60. The predicted octanol–water partition coefficient (Wildman–Crippen LogP) is 1.43. The van der Waals surface area contributed by atoms with Gasteiger partial charge in [0.25, 0.3) is 0 Å². The van der Waals surface area contributed by atoms with E-state index in [9.17, 15) is 4.79 Å². The van der Waals surface area contributed by atoms with Gasteiger partial charge < -0.3 is 5.32 Å². The summed E-state index contributed by atoms with van der Waals surface area (Å²) in [7, 11) is 0. The lowest BCUT2D eigenvalue weighted by Gasteiger charge is -2.14. The molecule has 0 saturated heterocycles. The Bertz CT molecular complexity index is 293. The van der Waals surface area contributed by atoms with E-state index in [1.165, 1.54) is 0 Å². The number of aromatic nitrogens is 2. The smallest absolute Gasteiger partial charge is 0.220 e. The first kappa shape index (κ1) is 11.8. The molecule has 4 heteroatoms. The van der Waals surface area contributed by atoms with Crippen molar-refractivity contribution in [3.63, 3.8) is 0 Å². The number of rotatable bonds is 5. The van der Waals surface area contributed by atoms with Gasteiger partial charge >= 0.3 is 0 Å². The van der Waals surface area contributed by atoms with Gasteiger partial charge in [0, 0.05) is 24.9 Å². The van der Waals surface area contributed by atoms with Crippen LogP contribution < -0.4 is 5.32 Å². The molecule has 0 saturated carbocycles. The van der Waals surface area contributed by atoms with E-state index in [0.29, 0.717) is 12.3 Å². The van der Waals surface area contributed by atoms with E-state index >= 15 is 0 Å². The van der Waals surface area contributed by atoms with Crippen molar-refractivity contribution in [2.24, 2.45) is 5.92 Å². The molecule has 0 unspecified atom stereocenters. The Morgan fingerprint density at radius 3 is 2.73 bits per heavy atom. The lowest BCUT2D eigenvalue weighted by Crippen LogP contribution is -2.36. The lowest BCUT2D eigenvalue weighted by molar-refractivity contribution is -0.122. The standard InChI is InChI=1S/C11H19N3O/c1-9(2)7-11(15)13-10(3)8-14-6-4-5-12-14/h4-6,9-10H,7-8H2,1-3H3,(H,13,15)/t10-/m0/s1. The molecule has 1 atom stereocenters. The quantitative estimate of drug-likeness (QED) is 0.797. The van der Waals surface area contributed by atoms with Gasteiger partial charge in [0.05, 0.1) is 6.54 Å². The topological polar surface area (TPSA) is 46.9 Å². The highest BCUT2D eigenvalue weighted by molar-refractivity contribution is 5.76. The van der Waals surface area contributed by atoms with E-state index < -0.39 is 0 Å². The highest BCUT2D eigenvalue weighted by Crippen LogP contribution is 1.99. The highest BCUT2D eigenvalue weighted by atomic mass is 16.1. The van der Waals surface area contributed by atoms with Crippen LogP contribution >= 0.6 is 0 Å². The molecular formula is C11H19N3O. The first-order valence-electron chi connectivity index (χ1n) is 5.34. The maximum absolute atomic E-state index is 11.5. The van der Waals surface area contributed by atoms with Crippen molar-refractivity contribution in [1.82, 2.24) is 15.1 Å². The fourth-order valence-corrected chi connectivity index (χ4v) is 1.44. The van der Waals surface area contributed by atoms with Gasteiger partial charge in [0.15, 0.2) is 0 Å². The summed E-state index contributed by atoms with van der Waals surface area (Å²) in [5, 5.41) is 7.04. The number of hydrogen-bond donors (Lipinski definition) is 1. The molecular weight excluding hydrogens is 190 g/mol. The first-order chi connectivity index (χ1) is 7.08. The Labute approximate surface area is 90.7 Å². The molecule has 0 aliphatic heterocycles. The van der Waals surface area contributed by atoms with Crippen LogP contribution in [0.4, 0.5) is 0 Å². The molecule has 0 spiro atoms. The van der Waals surface area contributed by atoms with Crippen LogP contribution in [0, 0.1) is 5.92 Å². The van der Waals surface area contributed by atoms with Gasteiger partial charge in [0.1, 0.15) is 0 Å². The van der Waals surface area contributed by atoms with E-state index in [4.69, 9.17) is 0 Å². The van der Waals surface area contributed by atoms with Crippen molar-refractivity contribution >= 4 is 5.91 Å². The largest absolute Gasteiger partial charge is 0.352 e. The molecule has 0 bridgehead atoms. The van der Waals surface area contributed by atoms with Crippen molar-refractivity contribution in [2.75, 3.05) is 0 Å². The zero-order valence-electron chi connectivity index (χ0n) is 9.60. The summed E-state index contributed by atoms with van der Waals surface area (Å²) >= 11 is 0. The van der Waals surface area contributed by atoms with Crippen LogP contribution in [0.15, 0.2) is 18.5 Å². The maximum Gasteiger partial charge on any atom is 0.220 e. The number of amides is 1. The van der Waals surface area contributed by atoms with Crippen LogP contribution in [0.1, 0.15) is 27.2 Å². The Hall–Kier alpha value is -1.32. The molecule has 1 aromatic rings. The van der Waals surface area contributed by atoms with Gasteiger partial charge in [-0.25, -0.2) is 0 Å². The Kier molecular flexibility index (Phi) is 4.34. The third-order valence-electron chi connectivity index (χ3n) is 2.02. The Balaban J connectivity index is 2.29. The number of nitrogens with one attached hydrogen (secondary N) is 1. The van der Waals surface area contributed by atoms with Gasteiger partial charge in [-0.05, 0) is 18.9 Å². The molecule has 84 valence electrons. The van der Waals surface area contributed by atoms with Crippen molar-refractivity contribution in [2.45, 2.75) is 39.8 Å². The normalized spacial score (nSPS) is 12.8. The Morgan fingerprint density at radius 2 is 2.20 bits per heavy atom. The first-order valence-corrected chi connectivity index (χ1v) is 5.34. The molecule has 1 N–H and O–H groups in total. The summed E-state index contributed by atoms with van der Waals surface area (Å²) in [4.78, 5) is 11.5. The molecule has 0 aliphatic carbocycles. The summed E-state index contributed by atoms with van der Waals surface area (Å²) in [6, 6.07) is 2.00. The monoisotopic (exact) mass is 209 g/mol. The summed E-state index contributed by atoms with van der Waals surface area (Å²) in [6.07, 6.45) is 4.22. The number of carbonyl (C=O) groups is 1. The fraction of sp³-hybridized carbons (Fsp3) is 0.636. The van der Waals surface area contributed by atoms with Gasteiger partial charge in [-0.1, -0.05) is 13.8 Å². The van der Waals surface area contributed by atoms with Crippen LogP contribution in [-0.2, 0) is 11.3 Å². The molecule has 1 rings (SSSR count). The van der Waals surface area contributed by atoms with Crippen molar-refractivity contribution in [3.05, 3.63) is 18.5 Å². The molecule has 0 radical (unpaired) electrons. The average Bonchev–Trinajstić information content (AvgIpc) is 2.53. The van der Waals surface area contributed by atoms with Crippen molar-refractivity contribution in [1.29, 1.82) is 0 Å². The van der Waals surface area contributed by atoms with Gasteiger partial charge in [0.2, 0.25) is 5.91 Å². The molecule has 1 amide bonds. The minimum Gasteiger partial charge on any atom is -0.352 e. The number of hydrogen-bond acceptors (Lipinski definition) is 2. The van der Waals surface area contributed by atoms with E-state index in [-0.39, 0.29) is 11.9 Å². The second kappa shape index (κ2) is 5.53. The van der Waals surface area contributed by atoms with Gasteiger partial charge in [-0.15, -0.1) is 0 Å². The third kappa shape index (κ3) is 4.63. The highest BCUT2D eigenvalue weighted by Gasteiger charge is 2.09. The zero-order chi connectivity index (χ0) is 11.3. The minimum atomic E-state index is 0.115. The molecule has 0 aliphatic rings. The predicted molar refractivity (Wildman–Crippen MR) is 59.3 cm³/mol. The van der Waals surface area contributed by atoms with Crippen molar-refractivity contribution in [3.8, 4) is 0 Å². The summed E-state index contributed by atoms with van der Waals surface area (Å²) in [6.45, 7) is 6.78. The maximum atomic E-state index is 11.5. The average molecular weight is 209 g/mol. The van der Waals surface area contributed by atoms with Gasteiger partial charge in [-0.2, -0.15) is 5.10 Å². The van der Waals surface area contributed by atoms with E-state index in [2.05, 4.69) is 10.4 Å². The summed E-state index contributed by atoms with van der Waals surface area (Å²) < 4.78 is 1.82. The summed E-state index contributed by atoms with van der Waals surface area (Å²) in [5.41, 5.74) is 0. The third-order valence-corrected chi connectivity index (χ3v) is 2.02. The van der Waals surface area contributed by atoms with Crippen molar-refractivity contribution < 1.29 is 4.79 Å². The van der Waals surface area contributed by atoms with Crippen LogP contribution in [0.25, 0.3) is 0 Å².